The average molecular weight is 571 g/mol. The zero-order valence-electron chi connectivity index (χ0n) is 23.5. The van der Waals surface area contributed by atoms with Gasteiger partial charge in [0.1, 0.15) is 12.6 Å². The van der Waals surface area contributed by atoms with Crippen LogP contribution in [0.5, 0.6) is 0 Å². The number of ether oxygens (including phenoxy) is 1. The minimum absolute atomic E-state index is 0.0739. The maximum atomic E-state index is 12.3. The van der Waals surface area contributed by atoms with E-state index in [4.69, 9.17) is 27.8 Å². The summed E-state index contributed by atoms with van der Waals surface area (Å²) in [5.74, 6) is -1.06. The number of carbonyl (C=O) groups is 3. The molecule has 2 aromatic carbocycles. The monoisotopic (exact) mass is 570 g/mol. The van der Waals surface area contributed by atoms with Crippen LogP contribution >= 0.6 is 11.6 Å². The molecule has 0 heterocycles. The third-order valence-electron chi connectivity index (χ3n) is 5.18. The number of hydrogen-bond acceptors (Lipinski definition) is 5. The molecular formula is C31H43ClN4O4. The van der Waals surface area contributed by atoms with E-state index in [0.717, 1.165) is 11.1 Å². The average Bonchev–Trinajstić information content (AvgIpc) is 2.96. The Labute approximate surface area is 243 Å². The summed E-state index contributed by atoms with van der Waals surface area (Å²) in [6, 6.07) is 14.9. The molecule has 218 valence electrons. The van der Waals surface area contributed by atoms with Gasteiger partial charge in [-0.3, -0.25) is 9.59 Å². The van der Waals surface area contributed by atoms with Crippen LogP contribution < -0.4 is 22.1 Å². The molecule has 3 amide bonds. The van der Waals surface area contributed by atoms with Crippen molar-refractivity contribution in [2.24, 2.45) is 11.5 Å². The van der Waals surface area contributed by atoms with Gasteiger partial charge in [-0.05, 0) is 37.3 Å². The van der Waals surface area contributed by atoms with Crippen molar-refractivity contribution in [2.45, 2.75) is 58.2 Å². The zero-order valence-corrected chi connectivity index (χ0v) is 24.2. The maximum absolute atomic E-state index is 12.3. The Kier molecular flexibility index (Phi) is 20.8. The first kappa shape index (κ1) is 36.1. The number of nitrogens with two attached hydrogens (primary N) is 2. The lowest BCUT2D eigenvalue weighted by Crippen LogP contribution is -2.51. The Morgan fingerprint density at radius 1 is 0.975 bits per heavy atom. The topological polar surface area (TPSA) is 137 Å². The normalized spacial score (nSPS) is 11.4. The van der Waals surface area contributed by atoms with Crippen LogP contribution in [0.2, 0.25) is 5.02 Å². The first-order valence-corrected chi connectivity index (χ1v) is 13.6. The summed E-state index contributed by atoms with van der Waals surface area (Å²) < 4.78 is 5.12. The van der Waals surface area contributed by atoms with E-state index in [-0.39, 0.29) is 6.61 Å². The van der Waals surface area contributed by atoms with E-state index in [1.807, 2.05) is 62.4 Å². The van der Waals surface area contributed by atoms with Crippen molar-refractivity contribution in [1.82, 2.24) is 10.6 Å². The van der Waals surface area contributed by atoms with Gasteiger partial charge in [0.15, 0.2) is 0 Å². The molecule has 0 radical (unpaired) electrons. The molecule has 0 saturated heterocycles. The quantitative estimate of drug-likeness (QED) is 0.182. The van der Waals surface area contributed by atoms with Gasteiger partial charge >= 0.3 is 6.09 Å². The number of allylic oxidation sites excluding steroid dienone is 4. The highest BCUT2D eigenvalue weighted by Crippen LogP contribution is 2.15. The number of unbranched alkanes of at least 4 members (excludes halogenated alkanes) is 1. The second-order valence-corrected chi connectivity index (χ2v) is 8.61. The van der Waals surface area contributed by atoms with Crippen molar-refractivity contribution in [3.05, 3.63) is 108 Å². The van der Waals surface area contributed by atoms with E-state index in [9.17, 15) is 14.4 Å². The lowest BCUT2D eigenvalue weighted by atomic mass is 10.0. The summed E-state index contributed by atoms with van der Waals surface area (Å²) in [4.78, 5) is 35.8. The lowest BCUT2D eigenvalue weighted by Gasteiger charge is -2.18. The number of amides is 3. The van der Waals surface area contributed by atoms with E-state index in [1.54, 1.807) is 30.4 Å². The molecule has 0 spiro atoms. The molecule has 8 nitrogen and oxygen atoms in total. The van der Waals surface area contributed by atoms with Crippen molar-refractivity contribution in [3.63, 3.8) is 0 Å². The van der Waals surface area contributed by atoms with Crippen LogP contribution in [-0.4, -0.2) is 36.5 Å². The molecule has 6 N–H and O–H groups in total. The van der Waals surface area contributed by atoms with Gasteiger partial charge in [-0.15, -0.1) is 0 Å². The summed E-state index contributed by atoms with van der Waals surface area (Å²) in [5.41, 5.74) is 13.0. The van der Waals surface area contributed by atoms with Crippen LogP contribution in [0.4, 0.5) is 4.79 Å². The van der Waals surface area contributed by atoms with Crippen molar-refractivity contribution < 1.29 is 19.1 Å². The minimum atomic E-state index is -0.823. The highest BCUT2D eigenvalue weighted by molar-refractivity contribution is 6.31. The number of hydrogen-bond donors (Lipinski definition) is 4. The Bertz CT molecular complexity index is 1050. The first-order chi connectivity index (χ1) is 19.3. The van der Waals surface area contributed by atoms with E-state index >= 15 is 0 Å². The minimum Gasteiger partial charge on any atom is -0.445 e. The largest absolute Gasteiger partial charge is 0.445 e. The third kappa shape index (κ3) is 16.9. The summed E-state index contributed by atoms with van der Waals surface area (Å²) in [6.45, 7) is 11.4. The van der Waals surface area contributed by atoms with Crippen LogP contribution in [0.25, 0.3) is 0 Å². The number of nitrogens with one attached hydrogen (secondary N) is 2. The van der Waals surface area contributed by atoms with Gasteiger partial charge in [0, 0.05) is 17.1 Å². The molecule has 0 aliphatic heterocycles. The van der Waals surface area contributed by atoms with E-state index in [1.165, 1.54) is 0 Å². The molecule has 0 fully saturated rings. The number of halogens is 1. The summed E-state index contributed by atoms with van der Waals surface area (Å²) in [7, 11) is 0. The fourth-order valence-corrected chi connectivity index (χ4v) is 3.35. The second kappa shape index (κ2) is 23.0. The predicted octanol–water partition coefficient (Wildman–Crippen LogP) is 5.22. The Morgan fingerprint density at radius 2 is 1.57 bits per heavy atom. The zero-order chi connectivity index (χ0) is 30.2. The molecule has 9 heteroatoms. The van der Waals surface area contributed by atoms with Crippen LogP contribution in [0.15, 0.2) is 92.1 Å². The number of carbonyl (C=O) groups excluding carboxylic acids is 3. The molecule has 0 saturated carbocycles. The van der Waals surface area contributed by atoms with Gasteiger partial charge in [-0.1, -0.05) is 111 Å². The summed E-state index contributed by atoms with van der Waals surface area (Å²) in [6.07, 6.45) is 8.36. The van der Waals surface area contributed by atoms with E-state index < -0.39 is 30.0 Å². The standard InChI is InChI=1S/C23H29ClN4O4.C6H8.C2H6/c24-18-11-5-4-10-17(18)15-32-23(31)27-13-7-6-12-20(21(26)29)28-22(30)19(25)14-16-8-2-1-3-9-16;1-3-5-6-4-2;1-2/h1-5,8-11,19-20H,6-7,12-15,25H2,(H2,26,29)(H,27,31)(H,28,30);3-6H,1-2H2;1-2H3/b;6-5-;/t19-,20-;;/m0../s1. The Balaban J connectivity index is 0.00000168. The van der Waals surface area contributed by atoms with Crippen molar-refractivity contribution in [1.29, 1.82) is 0 Å². The highest BCUT2D eigenvalue weighted by Gasteiger charge is 2.21. The van der Waals surface area contributed by atoms with Crippen molar-refractivity contribution in [3.8, 4) is 0 Å². The second-order valence-electron chi connectivity index (χ2n) is 8.21. The van der Waals surface area contributed by atoms with Gasteiger partial charge in [0.2, 0.25) is 11.8 Å². The van der Waals surface area contributed by atoms with Gasteiger partial charge in [-0.2, -0.15) is 0 Å². The van der Waals surface area contributed by atoms with Crippen LogP contribution in [0, 0.1) is 0 Å². The Morgan fingerprint density at radius 3 is 2.15 bits per heavy atom. The highest BCUT2D eigenvalue weighted by atomic mass is 35.5. The molecule has 0 aliphatic carbocycles. The molecule has 0 unspecified atom stereocenters. The van der Waals surface area contributed by atoms with Crippen molar-refractivity contribution >= 4 is 29.5 Å². The maximum Gasteiger partial charge on any atom is 0.407 e. The van der Waals surface area contributed by atoms with E-state index in [0.29, 0.717) is 37.3 Å². The number of benzene rings is 2. The molecule has 2 aromatic rings. The molecule has 2 rings (SSSR count). The van der Waals surface area contributed by atoms with Crippen LogP contribution in [-0.2, 0) is 27.4 Å². The first-order valence-electron chi connectivity index (χ1n) is 13.2. The molecule has 2 atom stereocenters. The summed E-state index contributed by atoms with van der Waals surface area (Å²) >= 11 is 6.02. The predicted molar refractivity (Wildman–Crippen MR) is 164 cm³/mol. The third-order valence-corrected chi connectivity index (χ3v) is 5.55. The molecular weight excluding hydrogens is 528 g/mol. The van der Waals surface area contributed by atoms with E-state index in [2.05, 4.69) is 23.8 Å². The van der Waals surface area contributed by atoms with Gasteiger partial charge < -0.3 is 26.8 Å². The number of primary amides is 1. The summed E-state index contributed by atoms with van der Waals surface area (Å²) in [5, 5.41) is 5.78. The van der Waals surface area contributed by atoms with Gasteiger partial charge in [0.05, 0.1) is 6.04 Å². The molecule has 0 bridgehead atoms. The lowest BCUT2D eigenvalue weighted by molar-refractivity contribution is -0.128. The molecule has 40 heavy (non-hydrogen) atoms. The van der Waals surface area contributed by atoms with Crippen LogP contribution in [0.1, 0.15) is 44.2 Å². The van der Waals surface area contributed by atoms with Gasteiger partial charge in [-0.25, -0.2) is 4.79 Å². The fraction of sp³-hybridized carbons (Fsp3) is 0.323. The van der Waals surface area contributed by atoms with Crippen molar-refractivity contribution in [2.75, 3.05) is 6.54 Å². The number of rotatable bonds is 14. The Hall–Kier alpha value is -3.88. The fourth-order valence-electron chi connectivity index (χ4n) is 3.16. The van der Waals surface area contributed by atoms with Gasteiger partial charge in [0.25, 0.3) is 0 Å². The SMILES string of the molecule is C=C/C=C\C=C.CC.NC(=O)[C@H](CCCCNC(=O)OCc1ccccc1Cl)NC(=O)[C@@H](N)Cc1ccccc1. The smallest absolute Gasteiger partial charge is 0.407 e. The van der Waals surface area contributed by atoms with Crippen LogP contribution in [0.3, 0.4) is 0 Å². The number of alkyl carbamates (subject to hydrolysis) is 1. The molecule has 0 aliphatic rings. The molecule has 0 aromatic heterocycles.